The molecule has 1 aliphatic carbocycles. The highest BCUT2D eigenvalue weighted by Gasteiger charge is 2.27. The van der Waals surface area contributed by atoms with E-state index in [2.05, 4.69) is 30.0 Å². The molecule has 6 nitrogen and oxygen atoms in total. The number of hydrogen-bond donors (Lipinski definition) is 3. The van der Waals surface area contributed by atoms with E-state index in [1.54, 1.807) is 12.1 Å². The molecule has 0 aliphatic heterocycles. The molecule has 3 rings (SSSR count). The van der Waals surface area contributed by atoms with Crippen molar-refractivity contribution in [1.29, 1.82) is 0 Å². The van der Waals surface area contributed by atoms with Crippen LogP contribution in [0.4, 0.5) is 0 Å². The highest BCUT2D eigenvalue weighted by molar-refractivity contribution is 7.80. The average molecular weight is 408 g/mol. The number of nitrogens with one attached hydrogen (secondary N) is 3. The molecule has 0 saturated heterocycles. The molecule has 8 heteroatoms. The van der Waals surface area contributed by atoms with E-state index in [0.717, 1.165) is 18.9 Å². The van der Waals surface area contributed by atoms with Gasteiger partial charge in [0.25, 0.3) is 0 Å². The summed E-state index contributed by atoms with van der Waals surface area (Å²) >= 11 is 11.2. The highest BCUT2D eigenvalue weighted by atomic mass is 35.5. The van der Waals surface area contributed by atoms with E-state index in [0.29, 0.717) is 32.9 Å². The van der Waals surface area contributed by atoms with Crippen molar-refractivity contribution in [1.82, 2.24) is 16.2 Å². The molecule has 1 saturated carbocycles. The molecule has 3 N–H and O–H groups in total. The lowest BCUT2D eigenvalue weighted by Crippen LogP contribution is -2.52. The van der Waals surface area contributed by atoms with Crippen LogP contribution in [0.15, 0.2) is 33.5 Å². The first kappa shape index (κ1) is 19.6. The molecule has 1 aromatic heterocycles. The number of carbonyl (C=O) groups excluding carboxylic acids is 1. The van der Waals surface area contributed by atoms with Gasteiger partial charge in [-0.1, -0.05) is 38.3 Å². The van der Waals surface area contributed by atoms with Crippen LogP contribution in [-0.2, 0) is 0 Å². The van der Waals surface area contributed by atoms with Crippen molar-refractivity contribution < 1.29 is 9.21 Å². The molecule has 27 heavy (non-hydrogen) atoms. The maximum absolute atomic E-state index is 12.3. The van der Waals surface area contributed by atoms with Gasteiger partial charge in [0.05, 0.1) is 5.39 Å². The van der Waals surface area contributed by atoms with Crippen LogP contribution >= 0.6 is 23.8 Å². The van der Waals surface area contributed by atoms with E-state index >= 15 is 0 Å². The number of fused-ring (bicyclic) bond motifs is 1. The van der Waals surface area contributed by atoms with Crippen molar-refractivity contribution in [2.24, 2.45) is 11.8 Å². The van der Waals surface area contributed by atoms with E-state index in [1.807, 2.05) is 0 Å². The van der Waals surface area contributed by atoms with E-state index in [4.69, 9.17) is 28.2 Å². The van der Waals surface area contributed by atoms with Gasteiger partial charge in [-0.2, -0.15) is 0 Å². The molecule has 0 radical (unpaired) electrons. The largest absolute Gasteiger partial charge is 0.451 e. The van der Waals surface area contributed by atoms with Crippen molar-refractivity contribution in [2.45, 2.75) is 39.2 Å². The lowest BCUT2D eigenvalue weighted by Gasteiger charge is -2.35. The maximum Gasteiger partial charge on any atom is 0.305 e. The molecule has 3 atom stereocenters. The van der Waals surface area contributed by atoms with E-state index in [-0.39, 0.29) is 17.2 Å². The molecule has 2 aromatic rings. The van der Waals surface area contributed by atoms with E-state index < -0.39 is 5.91 Å². The Morgan fingerprint density at radius 3 is 2.78 bits per heavy atom. The summed E-state index contributed by atoms with van der Waals surface area (Å²) in [6.45, 7) is 4.45. The third kappa shape index (κ3) is 4.59. The van der Waals surface area contributed by atoms with Crippen LogP contribution in [0.1, 0.15) is 43.7 Å². The summed E-state index contributed by atoms with van der Waals surface area (Å²) in [6, 6.07) is 6.07. The van der Waals surface area contributed by atoms with Crippen LogP contribution in [0.3, 0.4) is 0 Å². The molecule has 0 unspecified atom stereocenters. The van der Waals surface area contributed by atoms with Crippen molar-refractivity contribution in [3.05, 3.63) is 45.3 Å². The first-order chi connectivity index (χ1) is 12.8. The summed E-state index contributed by atoms with van der Waals surface area (Å²) in [5, 5.41) is 4.34. The first-order valence-corrected chi connectivity index (χ1v) is 9.74. The van der Waals surface area contributed by atoms with E-state index in [1.165, 1.54) is 12.5 Å². The van der Waals surface area contributed by atoms with Crippen LogP contribution in [0.25, 0.3) is 11.0 Å². The van der Waals surface area contributed by atoms with E-state index in [9.17, 15) is 9.59 Å². The summed E-state index contributed by atoms with van der Waals surface area (Å²) in [5.74, 6) is 0.441. The summed E-state index contributed by atoms with van der Waals surface area (Å²) in [6.07, 6.45) is 3.43. The minimum Gasteiger partial charge on any atom is -0.451 e. The first-order valence-electron chi connectivity index (χ1n) is 8.95. The van der Waals surface area contributed by atoms with Crippen molar-refractivity contribution >= 4 is 45.8 Å². The minimum absolute atomic E-state index is 0.107. The van der Waals surface area contributed by atoms with Gasteiger partial charge in [0.15, 0.2) is 16.3 Å². The van der Waals surface area contributed by atoms with Gasteiger partial charge in [-0.3, -0.25) is 20.4 Å². The summed E-state index contributed by atoms with van der Waals surface area (Å²) in [7, 11) is 0. The van der Waals surface area contributed by atoms with Crippen molar-refractivity contribution in [2.75, 3.05) is 0 Å². The fourth-order valence-corrected chi connectivity index (χ4v) is 3.78. The Kier molecular flexibility index (Phi) is 6.01. The Labute approximate surface area is 167 Å². The second kappa shape index (κ2) is 8.27. The molecule has 1 aromatic carbocycles. The standard InChI is InChI=1S/C19H22ClN3O3S/c1-10-4-3-5-14(11(10)2)21-19(27)23-22-18(25)17-9-15(24)13-8-12(20)6-7-16(13)26-17/h6-11,14H,3-5H2,1-2H3,(H,22,25)(H2,21,23,27)/t10-,11+,14+/m0/s1. The fourth-order valence-electron chi connectivity index (χ4n) is 3.41. The summed E-state index contributed by atoms with van der Waals surface area (Å²) < 4.78 is 5.50. The lowest BCUT2D eigenvalue weighted by molar-refractivity contribution is 0.0916. The molecule has 1 fully saturated rings. The number of halogens is 1. The molecule has 1 amide bonds. The van der Waals surface area contributed by atoms with Crippen molar-refractivity contribution in [3.63, 3.8) is 0 Å². The number of amides is 1. The number of carbonyl (C=O) groups is 1. The van der Waals surface area contributed by atoms with Crippen LogP contribution in [0.5, 0.6) is 0 Å². The number of hydrazine groups is 1. The second-order valence-electron chi connectivity index (χ2n) is 7.04. The van der Waals surface area contributed by atoms with Crippen LogP contribution in [-0.4, -0.2) is 17.1 Å². The number of thiocarbonyl (C=S) groups is 1. The van der Waals surface area contributed by atoms with Gasteiger partial charge in [0, 0.05) is 17.1 Å². The fraction of sp³-hybridized carbons (Fsp3) is 0.421. The Balaban J connectivity index is 1.62. The number of hydrogen-bond acceptors (Lipinski definition) is 4. The lowest BCUT2D eigenvalue weighted by atomic mass is 9.78. The van der Waals surface area contributed by atoms with Crippen molar-refractivity contribution in [3.8, 4) is 0 Å². The van der Waals surface area contributed by atoms with Gasteiger partial charge in [-0.25, -0.2) is 0 Å². The molecule has 0 bridgehead atoms. The van der Waals surface area contributed by atoms with Crippen LogP contribution in [0.2, 0.25) is 5.02 Å². The summed E-state index contributed by atoms with van der Waals surface area (Å²) in [4.78, 5) is 24.5. The zero-order chi connectivity index (χ0) is 19.6. The quantitative estimate of drug-likeness (QED) is 0.523. The Morgan fingerprint density at radius 1 is 1.22 bits per heavy atom. The van der Waals surface area contributed by atoms with Gasteiger partial charge in [0.2, 0.25) is 0 Å². The topological polar surface area (TPSA) is 83.4 Å². The second-order valence-corrected chi connectivity index (χ2v) is 7.89. The van der Waals surface area contributed by atoms with Gasteiger partial charge in [-0.05, 0) is 48.7 Å². The van der Waals surface area contributed by atoms with Crippen LogP contribution < -0.4 is 21.6 Å². The minimum atomic E-state index is -0.585. The number of benzene rings is 1. The smallest absolute Gasteiger partial charge is 0.305 e. The van der Waals surface area contributed by atoms with Gasteiger partial charge in [-0.15, -0.1) is 0 Å². The predicted molar refractivity (Wildman–Crippen MR) is 110 cm³/mol. The zero-order valence-electron chi connectivity index (χ0n) is 15.2. The number of rotatable bonds is 2. The predicted octanol–water partition coefficient (Wildman–Crippen LogP) is 3.38. The summed E-state index contributed by atoms with van der Waals surface area (Å²) in [5.41, 5.74) is 5.10. The molecular weight excluding hydrogens is 386 g/mol. The van der Waals surface area contributed by atoms with Crippen LogP contribution in [0, 0.1) is 11.8 Å². The Morgan fingerprint density at radius 2 is 2.00 bits per heavy atom. The van der Waals surface area contributed by atoms with Gasteiger partial charge >= 0.3 is 5.91 Å². The average Bonchev–Trinajstić information content (AvgIpc) is 2.64. The Hall–Kier alpha value is -2.12. The van der Waals surface area contributed by atoms with Gasteiger partial charge in [0.1, 0.15) is 5.58 Å². The molecule has 1 aliphatic rings. The third-order valence-electron chi connectivity index (χ3n) is 5.23. The molecule has 1 heterocycles. The molecular formula is C19H22ClN3O3S. The SMILES string of the molecule is C[C@@H]1[C@@H](C)CCC[C@H]1NC(=S)NNC(=O)c1cc(=O)c2cc(Cl)ccc2o1. The molecule has 0 spiro atoms. The zero-order valence-corrected chi connectivity index (χ0v) is 16.7. The Bertz CT molecular complexity index is 930. The van der Waals surface area contributed by atoms with Gasteiger partial charge < -0.3 is 9.73 Å². The monoisotopic (exact) mass is 407 g/mol. The molecule has 144 valence electrons. The highest BCUT2D eigenvalue weighted by Crippen LogP contribution is 2.29. The normalized spacial score (nSPS) is 22.3. The third-order valence-corrected chi connectivity index (χ3v) is 5.68. The maximum atomic E-state index is 12.3.